The zero-order valence-corrected chi connectivity index (χ0v) is 15.5. The van der Waals surface area contributed by atoms with Crippen LogP contribution in [0.1, 0.15) is 12.1 Å². The first kappa shape index (κ1) is 17.5. The normalized spacial score (nSPS) is 25.8. The van der Waals surface area contributed by atoms with Crippen molar-refractivity contribution >= 4 is 17.2 Å². The summed E-state index contributed by atoms with van der Waals surface area (Å²) in [5.74, 6) is 1.01. The summed E-state index contributed by atoms with van der Waals surface area (Å²) in [6.07, 6.45) is 5.19. The van der Waals surface area contributed by atoms with Crippen LogP contribution in [-0.2, 0) is 11.2 Å². The Bertz CT molecular complexity index is 753. The van der Waals surface area contributed by atoms with Gasteiger partial charge < -0.3 is 10.2 Å². The van der Waals surface area contributed by atoms with Crippen molar-refractivity contribution in [3.05, 3.63) is 29.5 Å². The van der Waals surface area contributed by atoms with Gasteiger partial charge in [0.05, 0.1) is 5.69 Å². The molecule has 138 valence electrons. The molecule has 26 heavy (non-hydrogen) atoms. The number of rotatable bonds is 5. The molecule has 0 aromatic carbocycles. The van der Waals surface area contributed by atoms with Gasteiger partial charge in [0.25, 0.3) is 0 Å². The quantitative estimate of drug-likeness (QED) is 0.682. The minimum atomic E-state index is -0.175. The van der Waals surface area contributed by atoms with Crippen LogP contribution in [0.4, 0.5) is 0 Å². The van der Waals surface area contributed by atoms with E-state index in [0.29, 0.717) is 30.7 Å². The van der Waals surface area contributed by atoms with Crippen molar-refractivity contribution in [2.45, 2.75) is 24.9 Å². The lowest BCUT2D eigenvalue weighted by molar-refractivity contribution is -0.124. The van der Waals surface area contributed by atoms with Gasteiger partial charge in [-0.15, -0.1) is 11.3 Å². The van der Waals surface area contributed by atoms with Gasteiger partial charge in [0.2, 0.25) is 5.91 Å². The number of hydrogen-bond acceptors (Lipinski definition) is 8. The maximum Gasteiger partial charge on any atom is 0.238 e. The SMILES string of the molecule is CN1CCC2NNC(C(=O)NCCc3csc(-c4ncccn4)n3)C2C1. The third kappa shape index (κ3) is 3.75. The van der Waals surface area contributed by atoms with Crippen molar-refractivity contribution < 1.29 is 4.79 Å². The maximum atomic E-state index is 12.6. The molecule has 2 fully saturated rings. The molecule has 0 aliphatic carbocycles. The van der Waals surface area contributed by atoms with Crippen molar-refractivity contribution in [3.63, 3.8) is 0 Å². The summed E-state index contributed by atoms with van der Waals surface area (Å²) in [4.78, 5) is 27.8. The number of carbonyl (C=O) groups excluding carboxylic acids is 1. The Morgan fingerprint density at radius 3 is 3.08 bits per heavy atom. The molecule has 3 unspecified atom stereocenters. The number of thiazole rings is 1. The number of nitrogens with one attached hydrogen (secondary N) is 3. The number of amides is 1. The Hall–Kier alpha value is -1.94. The van der Waals surface area contributed by atoms with Crippen molar-refractivity contribution in [2.75, 3.05) is 26.7 Å². The van der Waals surface area contributed by atoms with Crippen molar-refractivity contribution in [1.29, 1.82) is 0 Å². The smallest absolute Gasteiger partial charge is 0.238 e. The van der Waals surface area contributed by atoms with Gasteiger partial charge in [-0.05, 0) is 26.1 Å². The van der Waals surface area contributed by atoms with E-state index >= 15 is 0 Å². The molecule has 0 spiro atoms. The molecule has 2 aromatic heterocycles. The summed E-state index contributed by atoms with van der Waals surface area (Å²) < 4.78 is 0. The van der Waals surface area contributed by atoms with Crippen LogP contribution in [0.15, 0.2) is 23.8 Å². The maximum absolute atomic E-state index is 12.6. The van der Waals surface area contributed by atoms with Crippen LogP contribution in [0.25, 0.3) is 10.8 Å². The average molecular weight is 373 g/mol. The molecule has 2 aromatic rings. The molecule has 2 aliphatic rings. The minimum Gasteiger partial charge on any atom is -0.354 e. The summed E-state index contributed by atoms with van der Waals surface area (Å²) >= 11 is 1.53. The topological polar surface area (TPSA) is 95.1 Å². The molecule has 8 nitrogen and oxygen atoms in total. The van der Waals surface area contributed by atoms with Gasteiger partial charge in [-0.1, -0.05) is 0 Å². The molecule has 2 saturated heterocycles. The highest BCUT2D eigenvalue weighted by atomic mass is 32.1. The van der Waals surface area contributed by atoms with E-state index in [1.165, 1.54) is 11.3 Å². The van der Waals surface area contributed by atoms with E-state index < -0.39 is 0 Å². The number of hydrogen-bond donors (Lipinski definition) is 3. The molecule has 3 atom stereocenters. The van der Waals surface area contributed by atoms with Crippen LogP contribution in [0, 0.1) is 5.92 Å². The van der Waals surface area contributed by atoms with Gasteiger partial charge in [-0.3, -0.25) is 10.2 Å². The lowest BCUT2D eigenvalue weighted by Crippen LogP contribution is -2.49. The van der Waals surface area contributed by atoms with Crippen molar-refractivity contribution in [3.8, 4) is 10.8 Å². The first-order chi connectivity index (χ1) is 12.7. The van der Waals surface area contributed by atoms with Gasteiger partial charge in [0.15, 0.2) is 10.8 Å². The van der Waals surface area contributed by atoms with E-state index in [-0.39, 0.29) is 11.9 Å². The van der Waals surface area contributed by atoms with Crippen LogP contribution < -0.4 is 16.2 Å². The van der Waals surface area contributed by atoms with E-state index in [1.54, 1.807) is 18.5 Å². The number of piperidine rings is 1. The Balaban J connectivity index is 1.28. The highest BCUT2D eigenvalue weighted by molar-refractivity contribution is 7.13. The fourth-order valence-electron chi connectivity index (χ4n) is 3.59. The first-order valence-corrected chi connectivity index (χ1v) is 9.78. The third-order valence-corrected chi connectivity index (χ3v) is 5.87. The van der Waals surface area contributed by atoms with Crippen LogP contribution in [0.2, 0.25) is 0 Å². The van der Waals surface area contributed by atoms with Crippen molar-refractivity contribution in [2.24, 2.45) is 5.92 Å². The number of fused-ring (bicyclic) bond motifs is 1. The molecule has 0 radical (unpaired) electrons. The second-order valence-corrected chi connectivity index (χ2v) is 7.70. The number of aromatic nitrogens is 3. The molecule has 1 amide bonds. The molecule has 3 N–H and O–H groups in total. The summed E-state index contributed by atoms with van der Waals surface area (Å²) in [7, 11) is 2.11. The van der Waals surface area contributed by atoms with E-state index in [4.69, 9.17) is 0 Å². The standard InChI is InChI=1S/C17H23N7OS/c1-24-8-4-13-12(9-24)14(23-22-13)16(25)20-7-3-11-10-26-17(21-11)15-18-5-2-6-19-15/h2,5-6,10,12-14,22-23H,3-4,7-9H2,1H3,(H,20,25). The van der Waals surface area contributed by atoms with E-state index in [9.17, 15) is 4.79 Å². The van der Waals surface area contributed by atoms with Crippen LogP contribution in [0.3, 0.4) is 0 Å². The van der Waals surface area contributed by atoms with Gasteiger partial charge >= 0.3 is 0 Å². The monoisotopic (exact) mass is 373 g/mol. The summed E-state index contributed by atoms with van der Waals surface area (Å²) in [6.45, 7) is 2.58. The van der Waals surface area contributed by atoms with Crippen molar-refractivity contribution in [1.82, 2.24) is 36.0 Å². The highest BCUT2D eigenvalue weighted by Gasteiger charge is 2.42. The Morgan fingerprint density at radius 2 is 2.23 bits per heavy atom. The predicted molar refractivity (Wildman–Crippen MR) is 99.3 cm³/mol. The molecule has 9 heteroatoms. The molecule has 2 aliphatic heterocycles. The van der Waals surface area contributed by atoms with Crippen LogP contribution in [0.5, 0.6) is 0 Å². The zero-order valence-electron chi connectivity index (χ0n) is 14.7. The zero-order chi connectivity index (χ0) is 17.9. The fourth-order valence-corrected chi connectivity index (χ4v) is 4.39. The fraction of sp³-hybridized carbons (Fsp3) is 0.529. The van der Waals surface area contributed by atoms with Crippen LogP contribution in [-0.4, -0.2) is 64.5 Å². The second-order valence-electron chi connectivity index (χ2n) is 6.85. The third-order valence-electron chi connectivity index (χ3n) is 4.99. The van der Waals surface area contributed by atoms with E-state index in [0.717, 1.165) is 30.2 Å². The first-order valence-electron chi connectivity index (χ1n) is 8.90. The lowest BCUT2D eigenvalue weighted by atomic mass is 9.88. The number of hydrazine groups is 1. The predicted octanol–water partition coefficient (Wildman–Crippen LogP) is 0.0555. The Labute approximate surface area is 156 Å². The second kappa shape index (κ2) is 7.75. The molecule has 0 saturated carbocycles. The van der Waals surface area contributed by atoms with E-state index in [2.05, 4.69) is 43.1 Å². The highest BCUT2D eigenvalue weighted by Crippen LogP contribution is 2.23. The largest absolute Gasteiger partial charge is 0.354 e. The average Bonchev–Trinajstić information content (AvgIpc) is 3.29. The molecule has 0 bridgehead atoms. The molecule has 4 rings (SSSR count). The lowest BCUT2D eigenvalue weighted by Gasteiger charge is -2.33. The van der Waals surface area contributed by atoms with Gasteiger partial charge in [0.1, 0.15) is 6.04 Å². The molecule has 4 heterocycles. The van der Waals surface area contributed by atoms with Gasteiger partial charge in [-0.2, -0.15) is 0 Å². The van der Waals surface area contributed by atoms with Gasteiger partial charge in [-0.25, -0.2) is 20.4 Å². The Kier molecular flexibility index (Phi) is 5.21. The summed E-state index contributed by atoms with van der Waals surface area (Å²) in [5, 5.41) is 5.85. The molecular formula is C17H23N7OS. The summed E-state index contributed by atoms with van der Waals surface area (Å²) in [5.41, 5.74) is 7.40. The molecular weight excluding hydrogens is 350 g/mol. The van der Waals surface area contributed by atoms with E-state index in [1.807, 2.05) is 5.38 Å². The van der Waals surface area contributed by atoms with Gasteiger partial charge in [0, 0.05) is 49.2 Å². The number of nitrogens with zero attached hydrogens (tertiary/aromatic N) is 4. The Morgan fingerprint density at radius 1 is 1.38 bits per heavy atom. The number of carbonyl (C=O) groups is 1. The van der Waals surface area contributed by atoms with Crippen LogP contribution >= 0.6 is 11.3 Å². The minimum absolute atomic E-state index is 0.0575. The number of likely N-dealkylation sites (tertiary alicyclic amines) is 1. The summed E-state index contributed by atoms with van der Waals surface area (Å²) in [6, 6.07) is 1.99.